The summed E-state index contributed by atoms with van der Waals surface area (Å²) in [6.07, 6.45) is 0. The van der Waals surface area contributed by atoms with Gasteiger partial charge in [0.05, 0.1) is 26.2 Å². The fraction of sp³-hybridized carbons (Fsp3) is 0.600. The van der Waals surface area contributed by atoms with Gasteiger partial charge in [-0.25, -0.2) is 0 Å². The molecular formula is C10H22Ca2N2Na2O8. The van der Waals surface area contributed by atoms with E-state index in [1.807, 2.05) is 0 Å². The Balaban J connectivity index is -0.000000301. The van der Waals surface area contributed by atoms with Crippen molar-refractivity contribution >= 4 is 158 Å². The average molecular weight is 424 g/mol. The summed E-state index contributed by atoms with van der Waals surface area (Å²) in [4.78, 5) is 44.4. The third-order valence-corrected chi connectivity index (χ3v) is 2.17. The monoisotopic (exact) mass is 424 g/mol. The van der Waals surface area contributed by atoms with Gasteiger partial charge in [-0.3, -0.25) is 29.0 Å². The first-order chi connectivity index (χ1) is 9.20. The maximum atomic E-state index is 10.6. The van der Waals surface area contributed by atoms with Crippen molar-refractivity contribution in [2.24, 2.45) is 0 Å². The van der Waals surface area contributed by atoms with E-state index in [1.165, 1.54) is 0 Å². The molecule has 14 heteroatoms. The molecule has 0 atom stereocenters. The van der Waals surface area contributed by atoms with Crippen LogP contribution in [0.15, 0.2) is 0 Å². The van der Waals surface area contributed by atoms with Crippen LogP contribution in [0, 0.1) is 0 Å². The van der Waals surface area contributed by atoms with E-state index in [1.54, 1.807) is 0 Å². The van der Waals surface area contributed by atoms with E-state index in [4.69, 9.17) is 20.4 Å². The zero-order chi connectivity index (χ0) is 15.7. The summed E-state index contributed by atoms with van der Waals surface area (Å²) in [5.74, 6) is -4.91. The zero-order valence-corrected chi connectivity index (χ0v) is 10.6. The molecule has 0 heterocycles. The Morgan fingerprint density at radius 3 is 0.833 bits per heavy atom. The number of nitrogens with zero attached hydrogens (tertiary/aromatic N) is 2. The van der Waals surface area contributed by atoms with Crippen molar-refractivity contribution in [3.8, 4) is 0 Å². The minimum atomic E-state index is -1.23. The molecule has 0 aromatic carbocycles. The van der Waals surface area contributed by atoms with Gasteiger partial charge in [-0.15, -0.1) is 0 Å². The van der Waals surface area contributed by atoms with E-state index < -0.39 is 50.1 Å². The number of carbonyl (C=O) groups is 4. The zero-order valence-electron chi connectivity index (χ0n) is 10.6. The molecule has 0 fully saturated rings. The molecule has 0 rings (SSSR count). The Labute approximate surface area is 242 Å². The van der Waals surface area contributed by atoms with Gasteiger partial charge in [-0.2, -0.15) is 0 Å². The molecule has 0 aliphatic rings. The fourth-order valence-corrected chi connectivity index (χ4v) is 1.48. The van der Waals surface area contributed by atoms with Crippen LogP contribution in [0.4, 0.5) is 0 Å². The van der Waals surface area contributed by atoms with Crippen molar-refractivity contribution in [2.45, 2.75) is 0 Å². The molecule has 126 valence electrons. The molecule has 0 saturated heterocycles. The van der Waals surface area contributed by atoms with E-state index in [0.717, 1.165) is 9.80 Å². The Kier molecular flexibility index (Phi) is 33.4. The molecule has 0 spiro atoms. The van der Waals surface area contributed by atoms with Crippen LogP contribution < -0.4 is 0 Å². The van der Waals surface area contributed by atoms with Crippen molar-refractivity contribution < 1.29 is 39.6 Å². The first-order valence-electron chi connectivity index (χ1n) is 5.52. The molecule has 10 nitrogen and oxygen atoms in total. The Morgan fingerprint density at radius 2 is 0.708 bits per heavy atom. The molecule has 0 amide bonds. The average Bonchev–Trinajstić information content (AvgIpc) is 2.22. The minimum absolute atomic E-state index is 0. The van der Waals surface area contributed by atoms with E-state index in [2.05, 4.69) is 0 Å². The van der Waals surface area contributed by atoms with Crippen LogP contribution in [0.5, 0.6) is 0 Å². The number of carboxylic acid groups (broad SMARTS) is 4. The van der Waals surface area contributed by atoms with Gasteiger partial charge in [0.15, 0.2) is 0 Å². The second-order valence-electron chi connectivity index (χ2n) is 4.00. The molecule has 0 aromatic heterocycles. The van der Waals surface area contributed by atoms with Crippen LogP contribution in [-0.4, -0.2) is 228 Å². The molecule has 24 heavy (non-hydrogen) atoms. The second kappa shape index (κ2) is 21.6. The van der Waals surface area contributed by atoms with Crippen molar-refractivity contribution in [1.82, 2.24) is 9.80 Å². The summed E-state index contributed by atoms with van der Waals surface area (Å²) >= 11 is 0. The van der Waals surface area contributed by atoms with Gasteiger partial charge in [0.2, 0.25) is 0 Å². The second-order valence-corrected chi connectivity index (χ2v) is 4.00. The SMILES string of the molecule is O=C(O)CN(CCN(CC(=O)O)CC(=O)O)CC(=O)O.[CaH2].[CaH2].[NaH].[NaH]. The molecule has 0 saturated carbocycles. The van der Waals surface area contributed by atoms with Crippen molar-refractivity contribution in [3.05, 3.63) is 0 Å². The molecule has 0 aromatic rings. The predicted molar refractivity (Wildman–Crippen MR) is 94.8 cm³/mol. The molecular weight excluding hydrogens is 402 g/mol. The normalized spacial score (nSPS) is 8.92. The Hall–Kier alpha value is 2.32. The third kappa shape index (κ3) is 24.3. The molecule has 0 unspecified atom stereocenters. The van der Waals surface area contributed by atoms with Crippen LogP contribution in [0.2, 0.25) is 0 Å². The number of rotatable bonds is 11. The van der Waals surface area contributed by atoms with Gasteiger partial charge < -0.3 is 20.4 Å². The summed E-state index contributed by atoms with van der Waals surface area (Å²) in [5, 5.41) is 34.5. The van der Waals surface area contributed by atoms with Crippen LogP contribution in [-0.2, 0) is 19.2 Å². The standard InChI is InChI=1S/C10H16N2O8.2Ca.2Na.6H/c13-7(14)3-11(4-8(15)16)1-2-12(5-9(17)18)6-10(19)20;;;;;;;;;;/h1-6H2,(H,13,14)(H,15,16)(H,17,18)(H,19,20);;;;;;;;;;. The van der Waals surface area contributed by atoms with E-state index >= 15 is 0 Å². The van der Waals surface area contributed by atoms with Gasteiger partial charge in [-0.1, -0.05) is 0 Å². The van der Waals surface area contributed by atoms with Crippen LogP contribution >= 0.6 is 0 Å². The maximum absolute atomic E-state index is 10.6. The van der Waals surface area contributed by atoms with E-state index in [9.17, 15) is 19.2 Å². The van der Waals surface area contributed by atoms with Crippen molar-refractivity contribution in [2.75, 3.05) is 39.3 Å². The molecule has 0 aliphatic carbocycles. The van der Waals surface area contributed by atoms with E-state index in [-0.39, 0.29) is 148 Å². The quantitative estimate of drug-likeness (QED) is 0.237. The summed E-state index contributed by atoms with van der Waals surface area (Å²) in [5.41, 5.74) is 0. The number of hydrogen-bond acceptors (Lipinski definition) is 6. The first kappa shape index (κ1) is 37.1. The van der Waals surface area contributed by atoms with Crippen LogP contribution in [0.3, 0.4) is 0 Å². The van der Waals surface area contributed by atoms with Crippen LogP contribution in [0.25, 0.3) is 0 Å². The molecule has 0 aliphatic heterocycles. The predicted octanol–water partition coefficient (Wildman–Crippen LogP) is -5.20. The van der Waals surface area contributed by atoms with Gasteiger partial charge in [0.1, 0.15) is 0 Å². The Bertz CT molecular complexity index is 335. The fourth-order valence-electron chi connectivity index (χ4n) is 1.48. The summed E-state index contributed by atoms with van der Waals surface area (Å²) < 4.78 is 0. The number of aliphatic carboxylic acids is 4. The van der Waals surface area contributed by atoms with Gasteiger partial charge in [-0.05, 0) is 0 Å². The van der Waals surface area contributed by atoms with E-state index in [0.29, 0.717) is 0 Å². The summed E-state index contributed by atoms with van der Waals surface area (Å²) in [6.45, 7) is -2.25. The topological polar surface area (TPSA) is 156 Å². The van der Waals surface area contributed by atoms with Gasteiger partial charge >= 0.3 is 158 Å². The molecule has 0 radical (unpaired) electrons. The number of hydrogen-bond donors (Lipinski definition) is 4. The van der Waals surface area contributed by atoms with Gasteiger partial charge in [0, 0.05) is 13.1 Å². The Morgan fingerprint density at radius 1 is 0.542 bits per heavy atom. The van der Waals surface area contributed by atoms with Crippen molar-refractivity contribution in [1.29, 1.82) is 0 Å². The van der Waals surface area contributed by atoms with Crippen molar-refractivity contribution in [3.63, 3.8) is 0 Å². The summed E-state index contributed by atoms with van der Waals surface area (Å²) in [6, 6.07) is 0. The third-order valence-electron chi connectivity index (χ3n) is 2.17. The molecule has 0 bridgehead atoms. The summed E-state index contributed by atoms with van der Waals surface area (Å²) in [7, 11) is 0. The number of carboxylic acids is 4. The molecule has 4 N–H and O–H groups in total. The van der Waals surface area contributed by atoms with Crippen LogP contribution in [0.1, 0.15) is 0 Å². The van der Waals surface area contributed by atoms with Gasteiger partial charge in [0.25, 0.3) is 0 Å². The first-order valence-corrected chi connectivity index (χ1v) is 5.52.